The van der Waals surface area contributed by atoms with E-state index in [1.54, 1.807) is 0 Å². The van der Waals surface area contributed by atoms with Crippen molar-refractivity contribution in [2.45, 2.75) is 20.3 Å². The molecular formula is C29H32ClN3O3S. The maximum Gasteiger partial charge on any atom is 0.260 e. The Kier molecular flexibility index (Phi) is 9.03. The smallest absolute Gasteiger partial charge is 0.260 e. The summed E-state index contributed by atoms with van der Waals surface area (Å²) < 4.78 is 12.5. The van der Waals surface area contributed by atoms with Crippen LogP contribution in [0.5, 0.6) is 11.5 Å². The highest BCUT2D eigenvalue weighted by molar-refractivity contribution is 7.22. The first kappa shape index (κ1) is 26.9. The van der Waals surface area contributed by atoms with Crippen LogP contribution >= 0.6 is 23.7 Å². The largest absolute Gasteiger partial charge is 0.486 e. The van der Waals surface area contributed by atoms with Crippen molar-refractivity contribution < 1.29 is 14.3 Å². The van der Waals surface area contributed by atoms with Crippen LogP contribution in [0.4, 0.5) is 5.13 Å². The number of likely N-dealkylation sites (N-methyl/N-ethyl adjacent to an activating group) is 1. The summed E-state index contributed by atoms with van der Waals surface area (Å²) in [6.07, 6.45) is 0.841. The van der Waals surface area contributed by atoms with Gasteiger partial charge in [0.15, 0.2) is 16.6 Å². The van der Waals surface area contributed by atoms with Crippen molar-refractivity contribution in [1.29, 1.82) is 0 Å². The standard InChI is InChI=1S/C29H31N3O3S.ClH/c1-3-31(4-2)14-15-32(29-30-24-19-25-26(20-27(24)36-29)35-17-16-34-25)28(33)23-12-10-22(11-13-23)18-21-8-6-5-7-9-21;/h5-13,19-20H,3-4,14-18H2,1-2H3;1H. The number of hydrogen-bond donors (Lipinski definition) is 0. The van der Waals surface area contributed by atoms with E-state index in [9.17, 15) is 4.79 Å². The van der Waals surface area contributed by atoms with Crippen LogP contribution in [0.15, 0.2) is 66.7 Å². The van der Waals surface area contributed by atoms with Gasteiger partial charge in [-0.1, -0.05) is 67.6 Å². The van der Waals surface area contributed by atoms with Gasteiger partial charge >= 0.3 is 0 Å². The lowest BCUT2D eigenvalue weighted by Gasteiger charge is -2.24. The third kappa shape index (κ3) is 6.24. The molecule has 1 aliphatic rings. The fourth-order valence-corrected chi connectivity index (χ4v) is 5.39. The summed E-state index contributed by atoms with van der Waals surface area (Å²) in [6, 6.07) is 22.2. The molecule has 194 valence electrons. The Bertz CT molecular complexity index is 1280. The number of carbonyl (C=O) groups excluding carboxylic acids is 1. The van der Waals surface area contributed by atoms with Crippen molar-refractivity contribution in [3.05, 3.63) is 83.4 Å². The van der Waals surface area contributed by atoms with Crippen LogP contribution in [0.25, 0.3) is 10.2 Å². The van der Waals surface area contributed by atoms with E-state index in [0.717, 1.165) is 42.0 Å². The second kappa shape index (κ2) is 12.4. The Labute approximate surface area is 228 Å². The first-order chi connectivity index (χ1) is 17.6. The van der Waals surface area contributed by atoms with Crippen molar-refractivity contribution in [2.75, 3.05) is 44.3 Å². The molecule has 2 heterocycles. The first-order valence-corrected chi connectivity index (χ1v) is 13.3. The molecule has 0 saturated heterocycles. The van der Waals surface area contributed by atoms with E-state index >= 15 is 0 Å². The number of rotatable bonds is 9. The fraction of sp³-hybridized carbons (Fsp3) is 0.310. The second-order valence-corrected chi connectivity index (χ2v) is 9.81. The van der Waals surface area contributed by atoms with E-state index in [-0.39, 0.29) is 18.3 Å². The van der Waals surface area contributed by atoms with Crippen LogP contribution in [-0.4, -0.2) is 55.2 Å². The number of benzene rings is 3. The van der Waals surface area contributed by atoms with Gasteiger partial charge in [-0.2, -0.15) is 0 Å². The maximum atomic E-state index is 13.8. The molecule has 0 N–H and O–H groups in total. The highest BCUT2D eigenvalue weighted by atomic mass is 35.5. The summed E-state index contributed by atoms with van der Waals surface area (Å²) in [7, 11) is 0. The van der Waals surface area contributed by atoms with Crippen LogP contribution in [0.1, 0.15) is 35.3 Å². The molecule has 1 amide bonds. The number of halogens is 1. The zero-order valence-corrected chi connectivity index (χ0v) is 22.8. The highest BCUT2D eigenvalue weighted by Crippen LogP contribution is 2.39. The van der Waals surface area contributed by atoms with Gasteiger partial charge in [0, 0.05) is 30.8 Å². The number of hydrogen-bond acceptors (Lipinski definition) is 6. The summed E-state index contributed by atoms with van der Waals surface area (Å²) in [5, 5.41) is 0.692. The van der Waals surface area contributed by atoms with Crippen molar-refractivity contribution in [3.8, 4) is 11.5 Å². The molecule has 0 saturated carbocycles. The number of thiazole rings is 1. The Morgan fingerprint density at radius 3 is 2.22 bits per heavy atom. The molecule has 0 bridgehead atoms. The lowest BCUT2D eigenvalue weighted by Crippen LogP contribution is -2.38. The van der Waals surface area contributed by atoms with Gasteiger partial charge in [-0.3, -0.25) is 9.69 Å². The van der Waals surface area contributed by atoms with E-state index < -0.39 is 0 Å². The predicted molar refractivity (Wildman–Crippen MR) is 153 cm³/mol. The minimum absolute atomic E-state index is 0. The molecule has 1 aromatic heterocycles. The lowest BCUT2D eigenvalue weighted by atomic mass is 10.0. The Hall–Kier alpha value is -3.13. The van der Waals surface area contributed by atoms with Gasteiger partial charge in [0.1, 0.15) is 13.2 Å². The summed E-state index contributed by atoms with van der Waals surface area (Å²) in [6.45, 7) is 8.58. The van der Waals surface area contributed by atoms with Gasteiger partial charge in [0.25, 0.3) is 5.91 Å². The average molecular weight is 538 g/mol. The van der Waals surface area contributed by atoms with Gasteiger partial charge in [-0.25, -0.2) is 4.98 Å². The van der Waals surface area contributed by atoms with Gasteiger partial charge in [-0.15, -0.1) is 12.4 Å². The zero-order chi connectivity index (χ0) is 24.9. The number of ether oxygens (including phenoxy) is 2. The third-order valence-corrected chi connectivity index (χ3v) is 7.54. The number of carbonyl (C=O) groups is 1. The molecule has 3 aromatic carbocycles. The minimum Gasteiger partial charge on any atom is -0.486 e. The summed E-state index contributed by atoms with van der Waals surface area (Å²) in [4.78, 5) is 22.7. The monoisotopic (exact) mass is 537 g/mol. The predicted octanol–water partition coefficient (Wildman–Crippen LogP) is 6.07. The lowest BCUT2D eigenvalue weighted by molar-refractivity contribution is 0.0984. The van der Waals surface area contributed by atoms with E-state index in [0.29, 0.717) is 36.2 Å². The molecule has 1 aliphatic heterocycles. The Morgan fingerprint density at radius 1 is 0.892 bits per heavy atom. The molecule has 37 heavy (non-hydrogen) atoms. The zero-order valence-electron chi connectivity index (χ0n) is 21.2. The fourth-order valence-electron chi connectivity index (χ4n) is 4.39. The van der Waals surface area contributed by atoms with E-state index in [2.05, 4.69) is 30.9 Å². The molecule has 5 rings (SSSR count). The molecule has 0 aliphatic carbocycles. The quantitative estimate of drug-likeness (QED) is 0.259. The Balaban J connectivity index is 0.00000320. The average Bonchev–Trinajstić information content (AvgIpc) is 3.33. The molecule has 0 atom stereocenters. The van der Waals surface area contributed by atoms with Gasteiger partial charge in [0.2, 0.25) is 0 Å². The molecule has 4 aromatic rings. The molecular weight excluding hydrogens is 506 g/mol. The normalized spacial score (nSPS) is 12.4. The molecule has 8 heteroatoms. The number of amides is 1. The molecule has 0 radical (unpaired) electrons. The minimum atomic E-state index is -0.0373. The number of fused-ring (bicyclic) bond motifs is 2. The first-order valence-electron chi connectivity index (χ1n) is 12.5. The van der Waals surface area contributed by atoms with Crippen molar-refractivity contribution in [1.82, 2.24) is 9.88 Å². The SMILES string of the molecule is CCN(CC)CCN(C(=O)c1ccc(Cc2ccccc2)cc1)c1nc2cc3c(cc2s1)OCCO3.Cl. The molecule has 0 unspecified atom stereocenters. The second-order valence-electron chi connectivity index (χ2n) is 8.80. The van der Waals surface area contributed by atoms with Crippen LogP contribution < -0.4 is 14.4 Å². The van der Waals surface area contributed by atoms with Gasteiger partial charge < -0.3 is 14.4 Å². The van der Waals surface area contributed by atoms with Gasteiger partial charge in [-0.05, 0) is 42.8 Å². The van der Waals surface area contributed by atoms with Crippen LogP contribution in [0.2, 0.25) is 0 Å². The summed E-state index contributed by atoms with van der Waals surface area (Å²) in [5.41, 5.74) is 3.91. The Morgan fingerprint density at radius 2 is 1.54 bits per heavy atom. The molecule has 0 fully saturated rings. The van der Waals surface area contributed by atoms with Crippen molar-refractivity contribution in [3.63, 3.8) is 0 Å². The van der Waals surface area contributed by atoms with Crippen molar-refractivity contribution >= 4 is 45.0 Å². The topological polar surface area (TPSA) is 54.9 Å². The van der Waals surface area contributed by atoms with E-state index in [1.807, 2.05) is 59.5 Å². The number of nitrogens with zero attached hydrogens (tertiary/aromatic N) is 3. The maximum absolute atomic E-state index is 13.8. The number of anilines is 1. The molecule has 6 nitrogen and oxygen atoms in total. The van der Waals surface area contributed by atoms with Crippen LogP contribution in [0, 0.1) is 0 Å². The van der Waals surface area contributed by atoms with Crippen LogP contribution in [0.3, 0.4) is 0 Å². The van der Waals surface area contributed by atoms with E-state index in [4.69, 9.17) is 14.5 Å². The van der Waals surface area contributed by atoms with E-state index in [1.165, 1.54) is 22.5 Å². The third-order valence-electron chi connectivity index (χ3n) is 6.50. The number of aromatic nitrogens is 1. The highest BCUT2D eigenvalue weighted by Gasteiger charge is 2.23. The summed E-state index contributed by atoms with van der Waals surface area (Å²) in [5.74, 6) is 1.41. The van der Waals surface area contributed by atoms with Crippen molar-refractivity contribution in [2.24, 2.45) is 0 Å². The molecule has 0 spiro atoms. The van der Waals surface area contributed by atoms with Gasteiger partial charge in [0.05, 0.1) is 10.2 Å². The van der Waals surface area contributed by atoms with Crippen LogP contribution in [-0.2, 0) is 6.42 Å². The summed E-state index contributed by atoms with van der Waals surface area (Å²) >= 11 is 1.51.